The van der Waals surface area contributed by atoms with E-state index in [4.69, 9.17) is 14.5 Å². The molecule has 0 bridgehead atoms. The Morgan fingerprint density at radius 1 is 1.06 bits per heavy atom. The molecule has 10 heteroatoms. The van der Waals surface area contributed by atoms with E-state index in [-0.39, 0.29) is 38.7 Å². The number of carbonyl (C=O) groups is 1. The predicted octanol–water partition coefficient (Wildman–Crippen LogP) is 1.79. The van der Waals surface area contributed by atoms with Gasteiger partial charge in [0.2, 0.25) is 11.8 Å². The first kappa shape index (κ1) is 24.2. The SMILES string of the molecule is CN1CCN(c2ccc(-c3cc4nccnc4c(OC[C@@H]4CN(C)C(=O)CO4)n3)cc2)CC1.S. The summed E-state index contributed by atoms with van der Waals surface area (Å²) in [6.45, 7) is 5.03. The topological polar surface area (TPSA) is 83.9 Å². The summed E-state index contributed by atoms with van der Waals surface area (Å²) in [7, 11) is 3.93. The van der Waals surface area contributed by atoms with Crippen LogP contribution in [0, 0.1) is 0 Å². The van der Waals surface area contributed by atoms with Crippen molar-refractivity contribution in [3.05, 3.63) is 42.7 Å². The van der Waals surface area contributed by atoms with E-state index < -0.39 is 0 Å². The van der Waals surface area contributed by atoms with Crippen LogP contribution in [-0.2, 0) is 9.53 Å². The fourth-order valence-corrected chi connectivity index (χ4v) is 4.13. The zero-order valence-electron chi connectivity index (χ0n) is 19.5. The molecule has 0 spiro atoms. The summed E-state index contributed by atoms with van der Waals surface area (Å²) < 4.78 is 11.6. The maximum absolute atomic E-state index is 11.7. The molecule has 1 aromatic carbocycles. The first-order valence-corrected chi connectivity index (χ1v) is 11.2. The normalized spacial score (nSPS) is 19.2. The second-order valence-corrected chi connectivity index (χ2v) is 8.59. The zero-order valence-corrected chi connectivity index (χ0v) is 20.5. The first-order valence-electron chi connectivity index (χ1n) is 11.2. The van der Waals surface area contributed by atoms with Gasteiger partial charge in [0.25, 0.3) is 0 Å². The van der Waals surface area contributed by atoms with E-state index in [9.17, 15) is 4.79 Å². The van der Waals surface area contributed by atoms with Crippen molar-refractivity contribution in [3.63, 3.8) is 0 Å². The molecule has 2 aliphatic heterocycles. The van der Waals surface area contributed by atoms with Crippen LogP contribution in [0.1, 0.15) is 0 Å². The lowest BCUT2D eigenvalue weighted by Gasteiger charge is -2.34. The summed E-state index contributed by atoms with van der Waals surface area (Å²) in [4.78, 5) is 31.7. The number of rotatable bonds is 5. The van der Waals surface area contributed by atoms with Gasteiger partial charge in [0.15, 0.2) is 5.52 Å². The quantitative estimate of drug-likeness (QED) is 0.544. The molecule has 34 heavy (non-hydrogen) atoms. The van der Waals surface area contributed by atoms with Crippen LogP contribution in [0.3, 0.4) is 0 Å². The van der Waals surface area contributed by atoms with Gasteiger partial charge in [-0.05, 0) is 25.2 Å². The molecule has 1 atom stereocenters. The Bertz CT molecular complexity index is 1140. The van der Waals surface area contributed by atoms with Crippen molar-refractivity contribution in [2.24, 2.45) is 0 Å². The number of hydrogen-bond acceptors (Lipinski definition) is 8. The maximum atomic E-state index is 11.7. The molecule has 5 rings (SSSR count). The van der Waals surface area contributed by atoms with Crippen LogP contribution >= 0.6 is 13.5 Å². The van der Waals surface area contributed by atoms with Crippen LogP contribution in [-0.4, -0.2) is 96.8 Å². The van der Waals surface area contributed by atoms with Crippen LogP contribution in [0.5, 0.6) is 5.88 Å². The summed E-state index contributed by atoms with van der Waals surface area (Å²) >= 11 is 0. The van der Waals surface area contributed by atoms with Crippen LogP contribution in [0.2, 0.25) is 0 Å². The molecular formula is C24H30N6O3S. The molecule has 2 saturated heterocycles. The van der Waals surface area contributed by atoms with Gasteiger partial charge in [0.1, 0.15) is 19.3 Å². The highest BCUT2D eigenvalue weighted by molar-refractivity contribution is 7.59. The fourth-order valence-electron chi connectivity index (χ4n) is 4.13. The van der Waals surface area contributed by atoms with Gasteiger partial charge in [-0.2, -0.15) is 13.5 Å². The van der Waals surface area contributed by atoms with Gasteiger partial charge in [-0.1, -0.05) is 12.1 Å². The number of fused-ring (bicyclic) bond motifs is 1. The highest BCUT2D eigenvalue weighted by Crippen LogP contribution is 2.29. The van der Waals surface area contributed by atoms with E-state index >= 15 is 0 Å². The van der Waals surface area contributed by atoms with Crippen LogP contribution < -0.4 is 9.64 Å². The molecule has 0 aliphatic carbocycles. The van der Waals surface area contributed by atoms with Crippen molar-refractivity contribution in [3.8, 4) is 17.1 Å². The van der Waals surface area contributed by atoms with E-state index in [1.807, 2.05) is 6.07 Å². The fraction of sp³-hybridized carbons (Fsp3) is 0.417. The zero-order chi connectivity index (χ0) is 22.8. The summed E-state index contributed by atoms with van der Waals surface area (Å²) in [5.74, 6) is 0.393. The number of benzene rings is 1. The van der Waals surface area contributed by atoms with Crippen LogP contribution in [0.15, 0.2) is 42.7 Å². The molecule has 0 unspecified atom stereocenters. The van der Waals surface area contributed by atoms with E-state index in [0.717, 1.165) is 43.0 Å². The molecule has 0 radical (unpaired) electrons. The van der Waals surface area contributed by atoms with Gasteiger partial charge in [-0.25, -0.2) is 9.97 Å². The van der Waals surface area contributed by atoms with Gasteiger partial charge in [0, 0.05) is 63.4 Å². The molecule has 9 nitrogen and oxygen atoms in total. The van der Waals surface area contributed by atoms with Crippen molar-refractivity contribution >= 4 is 36.1 Å². The molecule has 0 saturated carbocycles. The number of anilines is 1. The number of ether oxygens (including phenoxy) is 2. The Morgan fingerprint density at radius 2 is 1.79 bits per heavy atom. The standard InChI is InChI=1S/C24H28N6O3.H2S/c1-28-9-11-30(12-10-28)18-5-3-17(4-6-18)20-13-21-23(26-8-7-25-21)24(27-20)33-15-19-14-29(2)22(31)16-32-19;/h3-8,13,19H,9-12,14-16H2,1-2H3;1H2/t19-;/m0./s1. The monoisotopic (exact) mass is 482 g/mol. The number of likely N-dealkylation sites (N-methyl/N-ethyl adjacent to an activating group) is 2. The van der Waals surface area contributed by atoms with Crippen molar-refractivity contribution in [2.75, 3.05) is 64.9 Å². The molecule has 2 fully saturated rings. The molecule has 2 aliphatic rings. The minimum atomic E-state index is -0.215. The molecule has 4 heterocycles. The van der Waals surface area contributed by atoms with Gasteiger partial charge in [0.05, 0.1) is 11.2 Å². The highest BCUT2D eigenvalue weighted by atomic mass is 32.1. The third kappa shape index (κ3) is 5.24. The van der Waals surface area contributed by atoms with Gasteiger partial charge in [-0.15, -0.1) is 0 Å². The number of hydrogen-bond donors (Lipinski definition) is 0. The van der Waals surface area contributed by atoms with E-state index in [1.54, 1.807) is 24.3 Å². The van der Waals surface area contributed by atoms with Crippen molar-refractivity contribution in [1.82, 2.24) is 24.8 Å². The third-order valence-corrected chi connectivity index (χ3v) is 6.21. The Balaban J connectivity index is 0.00000274. The summed E-state index contributed by atoms with van der Waals surface area (Å²) in [5.41, 5.74) is 4.31. The minimum Gasteiger partial charge on any atom is -0.473 e. The first-order chi connectivity index (χ1) is 16.1. The molecule has 180 valence electrons. The second kappa shape index (κ2) is 10.5. The van der Waals surface area contributed by atoms with E-state index in [1.165, 1.54) is 5.69 Å². The predicted molar refractivity (Wildman–Crippen MR) is 136 cm³/mol. The number of morpholine rings is 1. The number of pyridine rings is 1. The highest BCUT2D eigenvalue weighted by Gasteiger charge is 2.24. The van der Waals surface area contributed by atoms with Crippen LogP contribution in [0.4, 0.5) is 5.69 Å². The van der Waals surface area contributed by atoms with E-state index in [0.29, 0.717) is 17.9 Å². The Morgan fingerprint density at radius 3 is 2.53 bits per heavy atom. The Kier molecular flexibility index (Phi) is 7.50. The molecule has 1 amide bonds. The number of carbonyl (C=O) groups excluding carboxylic acids is 1. The largest absolute Gasteiger partial charge is 0.473 e. The Labute approximate surface area is 206 Å². The number of piperazine rings is 1. The Hall–Kier alpha value is -2.95. The van der Waals surface area contributed by atoms with E-state index in [2.05, 4.69) is 51.1 Å². The second-order valence-electron chi connectivity index (χ2n) is 8.59. The van der Waals surface area contributed by atoms with Crippen LogP contribution in [0.25, 0.3) is 22.3 Å². The lowest BCUT2D eigenvalue weighted by molar-refractivity contribution is -0.148. The third-order valence-electron chi connectivity index (χ3n) is 6.21. The number of nitrogens with zero attached hydrogens (tertiary/aromatic N) is 6. The summed E-state index contributed by atoms with van der Waals surface area (Å²) in [6.07, 6.45) is 3.08. The van der Waals surface area contributed by atoms with Crippen molar-refractivity contribution in [2.45, 2.75) is 6.10 Å². The van der Waals surface area contributed by atoms with Crippen molar-refractivity contribution in [1.29, 1.82) is 0 Å². The van der Waals surface area contributed by atoms with Crippen molar-refractivity contribution < 1.29 is 14.3 Å². The number of aromatic nitrogens is 3. The summed E-state index contributed by atoms with van der Waals surface area (Å²) in [5, 5.41) is 0. The lowest BCUT2D eigenvalue weighted by Crippen LogP contribution is -2.46. The van der Waals surface area contributed by atoms with Gasteiger partial charge < -0.3 is 24.2 Å². The van der Waals surface area contributed by atoms with Gasteiger partial charge >= 0.3 is 0 Å². The molecule has 0 N–H and O–H groups in total. The maximum Gasteiger partial charge on any atom is 0.248 e. The summed E-state index contributed by atoms with van der Waals surface area (Å²) in [6, 6.07) is 10.4. The average Bonchev–Trinajstić information content (AvgIpc) is 2.85. The lowest BCUT2D eigenvalue weighted by atomic mass is 10.1. The smallest absolute Gasteiger partial charge is 0.248 e. The minimum absolute atomic E-state index is 0. The number of amides is 1. The molecule has 3 aromatic rings. The molecule has 2 aromatic heterocycles. The van der Waals surface area contributed by atoms with Gasteiger partial charge in [-0.3, -0.25) is 9.78 Å². The molecular weight excluding hydrogens is 452 g/mol. The average molecular weight is 483 g/mol.